The Morgan fingerprint density at radius 1 is 1.00 bits per heavy atom. The molecule has 7 heteroatoms. The second-order valence-electron chi connectivity index (χ2n) is 6.06. The first-order valence-corrected chi connectivity index (χ1v) is 9.21. The maximum absolute atomic E-state index is 12.4. The molecule has 0 aliphatic carbocycles. The van der Waals surface area contributed by atoms with Crippen LogP contribution in [0.25, 0.3) is 0 Å². The van der Waals surface area contributed by atoms with E-state index in [0.717, 1.165) is 11.5 Å². The Labute approximate surface area is 168 Å². The van der Waals surface area contributed by atoms with E-state index >= 15 is 0 Å². The second-order valence-corrected chi connectivity index (χ2v) is 6.06. The summed E-state index contributed by atoms with van der Waals surface area (Å²) in [5, 5.41) is 5.81. The van der Waals surface area contributed by atoms with Gasteiger partial charge in [0, 0.05) is 11.4 Å². The molecule has 3 rings (SSSR count). The Balaban J connectivity index is 1.52. The molecule has 0 spiro atoms. The van der Waals surface area contributed by atoms with Gasteiger partial charge in [0.1, 0.15) is 11.5 Å². The van der Waals surface area contributed by atoms with Crippen molar-refractivity contribution in [3.05, 3.63) is 78.3 Å². The number of ether oxygens (including phenoxy) is 2. The summed E-state index contributed by atoms with van der Waals surface area (Å²) in [6, 6.07) is 17.5. The van der Waals surface area contributed by atoms with Gasteiger partial charge in [0.05, 0.1) is 25.0 Å². The van der Waals surface area contributed by atoms with Gasteiger partial charge < -0.3 is 24.5 Å². The number of anilines is 2. The number of carbonyl (C=O) groups is 2. The lowest BCUT2D eigenvalue weighted by atomic mass is 10.2. The molecule has 1 aromatic heterocycles. The zero-order valence-corrected chi connectivity index (χ0v) is 16.0. The van der Waals surface area contributed by atoms with E-state index in [1.807, 2.05) is 13.0 Å². The number of para-hydroxylation sites is 1. The van der Waals surface area contributed by atoms with Crippen molar-refractivity contribution in [1.82, 2.24) is 0 Å². The third-order valence-corrected chi connectivity index (χ3v) is 3.96. The van der Waals surface area contributed by atoms with E-state index in [1.54, 1.807) is 60.9 Å². The fraction of sp³-hybridized carbons (Fsp3) is 0.182. The molecule has 0 bridgehead atoms. The van der Waals surface area contributed by atoms with Crippen LogP contribution in [0.2, 0.25) is 0 Å². The van der Waals surface area contributed by atoms with Gasteiger partial charge in [0.25, 0.3) is 5.91 Å². The van der Waals surface area contributed by atoms with Gasteiger partial charge in [-0.3, -0.25) is 4.79 Å². The standard InChI is InChI=1S/C22H22N2O5/c1-2-27-17-11-9-16(10-12-17)24-21(25)15-29-22(26)19-7-3-4-8-20(19)23-14-18-6-5-13-28-18/h3-13,23H,2,14-15H2,1H3,(H,24,25). The maximum atomic E-state index is 12.4. The van der Waals surface area contributed by atoms with Crippen LogP contribution in [0.15, 0.2) is 71.3 Å². The van der Waals surface area contributed by atoms with E-state index in [0.29, 0.717) is 30.1 Å². The Morgan fingerprint density at radius 3 is 2.52 bits per heavy atom. The second kappa shape index (κ2) is 9.98. The number of carbonyl (C=O) groups excluding carboxylic acids is 2. The number of hydrogen-bond acceptors (Lipinski definition) is 6. The SMILES string of the molecule is CCOc1ccc(NC(=O)COC(=O)c2ccccc2NCc2ccco2)cc1. The fourth-order valence-corrected chi connectivity index (χ4v) is 2.62. The summed E-state index contributed by atoms with van der Waals surface area (Å²) in [7, 11) is 0. The molecule has 0 fully saturated rings. The van der Waals surface area contributed by atoms with Crippen LogP contribution < -0.4 is 15.4 Å². The summed E-state index contributed by atoms with van der Waals surface area (Å²) < 4.78 is 15.8. The largest absolute Gasteiger partial charge is 0.494 e. The third-order valence-electron chi connectivity index (χ3n) is 3.96. The van der Waals surface area contributed by atoms with Gasteiger partial charge >= 0.3 is 5.97 Å². The van der Waals surface area contributed by atoms with Gasteiger partial charge in [-0.05, 0) is 55.5 Å². The molecule has 150 valence electrons. The molecule has 0 atom stereocenters. The maximum Gasteiger partial charge on any atom is 0.340 e. The first kappa shape index (κ1) is 20.0. The normalized spacial score (nSPS) is 10.2. The smallest absolute Gasteiger partial charge is 0.340 e. The van der Waals surface area contributed by atoms with Gasteiger partial charge in [-0.25, -0.2) is 4.79 Å². The molecule has 3 aromatic rings. The van der Waals surface area contributed by atoms with Gasteiger partial charge in [-0.2, -0.15) is 0 Å². The van der Waals surface area contributed by atoms with E-state index in [9.17, 15) is 9.59 Å². The quantitative estimate of drug-likeness (QED) is 0.532. The number of benzene rings is 2. The van der Waals surface area contributed by atoms with E-state index in [4.69, 9.17) is 13.9 Å². The number of nitrogens with one attached hydrogen (secondary N) is 2. The minimum absolute atomic E-state index is 0.341. The van der Waals surface area contributed by atoms with Crippen molar-refractivity contribution in [2.24, 2.45) is 0 Å². The summed E-state index contributed by atoms with van der Waals surface area (Å²) in [4.78, 5) is 24.5. The van der Waals surface area contributed by atoms with Crippen LogP contribution in [0.5, 0.6) is 5.75 Å². The molecular weight excluding hydrogens is 372 g/mol. The van der Waals surface area contributed by atoms with Crippen LogP contribution in [0.1, 0.15) is 23.0 Å². The number of furan rings is 1. The predicted octanol–water partition coefficient (Wildman–Crippen LogP) is 4.09. The molecule has 0 aliphatic rings. The summed E-state index contributed by atoms with van der Waals surface area (Å²) in [6.45, 7) is 2.50. The molecule has 2 aromatic carbocycles. The number of amides is 1. The summed E-state index contributed by atoms with van der Waals surface area (Å²) in [5.74, 6) is 0.441. The summed E-state index contributed by atoms with van der Waals surface area (Å²) >= 11 is 0. The summed E-state index contributed by atoms with van der Waals surface area (Å²) in [5.41, 5.74) is 1.53. The summed E-state index contributed by atoms with van der Waals surface area (Å²) in [6.07, 6.45) is 1.58. The Hall–Kier alpha value is -3.74. The van der Waals surface area contributed by atoms with Crippen molar-refractivity contribution in [3.8, 4) is 5.75 Å². The molecular formula is C22H22N2O5. The number of esters is 1. The molecule has 29 heavy (non-hydrogen) atoms. The lowest BCUT2D eigenvalue weighted by Crippen LogP contribution is -2.21. The van der Waals surface area contributed by atoms with Gasteiger partial charge in [-0.1, -0.05) is 12.1 Å². The highest BCUT2D eigenvalue weighted by Crippen LogP contribution is 2.18. The monoisotopic (exact) mass is 394 g/mol. The van der Waals surface area contributed by atoms with Crippen LogP contribution in [-0.2, 0) is 16.1 Å². The van der Waals surface area contributed by atoms with Gasteiger partial charge in [0.15, 0.2) is 6.61 Å². The minimum Gasteiger partial charge on any atom is -0.494 e. The van der Waals surface area contributed by atoms with Crippen molar-refractivity contribution < 1.29 is 23.5 Å². The molecule has 1 heterocycles. The van der Waals surface area contributed by atoms with Gasteiger partial charge in [0.2, 0.25) is 0 Å². The molecule has 1 amide bonds. The van der Waals surface area contributed by atoms with E-state index in [2.05, 4.69) is 10.6 Å². The molecule has 0 saturated heterocycles. The van der Waals surface area contributed by atoms with Crippen LogP contribution >= 0.6 is 0 Å². The third kappa shape index (κ3) is 5.87. The predicted molar refractivity (Wildman–Crippen MR) is 109 cm³/mol. The number of rotatable bonds is 9. The lowest BCUT2D eigenvalue weighted by Gasteiger charge is -2.11. The molecule has 2 N–H and O–H groups in total. The Bertz CT molecular complexity index is 936. The van der Waals surface area contributed by atoms with Crippen molar-refractivity contribution >= 4 is 23.3 Å². The highest BCUT2D eigenvalue weighted by Gasteiger charge is 2.14. The van der Waals surface area contributed by atoms with Crippen molar-refractivity contribution in [3.63, 3.8) is 0 Å². The zero-order valence-electron chi connectivity index (χ0n) is 16.0. The minimum atomic E-state index is -0.589. The van der Waals surface area contributed by atoms with Crippen LogP contribution in [0.3, 0.4) is 0 Å². The zero-order chi connectivity index (χ0) is 20.5. The highest BCUT2D eigenvalue weighted by molar-refractivity contribution is 5.98. The molecule has 0 aliphatic heterocycles. The van der Waals surface area contributed by atoms with Crippen molar-refractivity contribution in [2.75, 3.05) is 23.8 Å². The van der Waals surface area contributed by atoms with Crippen LogP contribution in [0, 0.1) is 0 Å². The van der Waals surface area contributed by atoms with Crippen LogP contribution in [-0.4, -0.2) is 25.1 Å². The molecule has 0 radical (unpaired) electrons. The van der Waals surface area contributed by atoms with Crippen LogP contribution in [0.4, 0.5) is 11.4 Å². The van der Waals surface area contributed by atoms with E-state index in [1.165, 1.54) is 0 Å². The molecule has 0 unspecified atom stereocenters. The topological polar surface area (TPSA) is 89.8 Å². The Kier molecular flexibility index (Phi) is 6.89. The fourth-order valence-electron chi connectivity index (χ4n) is 2.62. The first-order chi connectivity index (χ1) is 14.2. The molecule has 0 saturated carbocycles. The first-order valence-electron chi connectivity index (χ1n) is 9.21. The highest BCUT2D eigenvalue weighted by atomic mass is 16.5. The average molecular weight is 394 g/mol. The van der Waals surface area contributed by atoms with Crippen molar-refractivity contribution in [1.29, 1.82) is 0 Å². The molecule has 7 nitrogen and oxygen atoms in total. The van der Waals surface area contributed by atoms with E-state index in [-0.39, 0.29) is 0 Å². The number of hydrogen-bond donors (Lipinski definition) is 2. The Morgan fingerprint density at radius 2 is 1.79 bits per heavy atom. The van der Waals surface area contributed by atoms with Gasteiger partial charge in [-0.15, -0.1) is 0 Å². The van der Waals surface area contributed by atoms with E-state index < -0.39 is 18.5 Å². The average Bonchev–Trinajstić information content (AvgIpc) is 3.26. The lowest BCUT2D eigenvalue weighted by molar-refractivity contribution is -0.119. The van der Waals surface area contributed by atoms with Crippen molar-refractivity contribution in [2.45, 2.75) is 13.5 Å².